The van der Waals surface area contributed by atoms with Gasteiger partial charge in [0.2, 0.25) is 5.91 Å². The van der Waals surface area contributed by atoms with Crippen molar-refractivity contribution in [2.75, 3.05) is 17.2 Å². The minimum Gasteiger partial charge on any atom is -0.390 e. The van der Waals surface area contributed by atoms with E-state index in [1.807, 2.05) is 0 Å². The summed E-state index contributed by atoms with van der Waals surface area (Å²) in [7, 11) is 0. The van der Waals surface area contributed by atoms with Crippen LogP contribution in [-0.2, 0) is 17.4 Å². The number of urea groups is 1. The quantitative estimate of drug-likeness (QED) is 0.399. The summed E-state index contributed by atoms with van der Waals surface area (Å²) in [6.45, 7) is 0.733. The van der Waals surface area contributed by atoms with Crippen molar-refractivity contribution in [2.45, 2.75) is 62.8 Å². The summed E-state index contributed by atoms with van der Waals surface area (Å²) in [4.78, 5) is 27.9. The van der Waals surface area contributed by atoms with E-state index in [1.54, 1.807) is 18.2 Å². The number of carbonyl (C=O) groups is 2. The Morgan fingerprint density at radius 3 is 2.38 bits per heavy atom. The van der Waals surface area contributed by atoms with Gasteiger partial charge in [-0.3, -0.25) is 4.79 Å². The monoisotopic (exact) mass is 561 g/mol. The zero-order valence-corrected chi connectivity index (χ0v) is 22.1. The van der Waals surface area contributed by atoms with Gasteiger partial charge in [0.05, 0.1) is 11.2 Å². The zero-order chi connectivity index (χ0) is 27.5. The average molecular weight is 562 g/mol. The van der Waals surface area contributed by atoms with Gasteiger partial charge in [0.1, 0.15) is 0 Å². The number of nitrogens with one attached hydrogen (secondary N) is 2. The summed E-state index contributed by atoms with van der Waals surface area (Å²) >= 11 is 6.52. The number of benzene rings is 2. The van der Waals surface area contributed by atoms with Gasteiger partial charge in [-0.15, -0.1) is 0 Å². The molecule has 3 amide bonds. The fraction of sp³-hybridized carbons (Fsp3) is 0.517. The highest BCUT2D eigenvalue weighted by atomic mass is 35.5. The van der Waals surface area contributed by atoms with Gasteiger partial charge in [0, 0.05) is 34.9 Å². The molecule has 5 fully saturated rings. The van der Waals surface area contributed by atoms with Gasteiger partial charge in [-0.2, -0.15) is 13.2 Å². The normalized spacial score (nSPS) is 31.6. The molecule has 0 spiro atoms. The first-order valence-corrected chi connectivity index (χ1v) is 13.9. The average Bonchev–Trinajstić information content (AvgIpc) is 3.19. The molecule has 0 aromatic heterocycles. The van der Waals surface area contributed by atoms with E-state index < -0.39 is 23.4 Å². The zero-order valence-electron chi connectivity index (χ0n) is 21.3. The van der Waals surface area contributed by atoms with Gasteiger partial charge >= 0.3 is 12.2 Å². The number of anilines is 2. The molecule has 1 heterocycles. The standard InChI is InChI=1S/C29H31ClF3N3O3/c30-24-12-23(35-27(38)34-22-3-1-2-21(11-22)29(31,32)33)5-4-17(24)10-18-6-7-36(26(18)37)25-19-8-16-9-20(25)15-28(39,13-16)14-19/h1-5,11-12,16,18-20,25,39H,6-10,13-15H2,(H2,34,35,38). The molecule has 39 heavy (non-hydrogen) atoms. The molecule has 10 heteroatoms. The van der Waals surface area contributed by atoms with E-state index in [0.717, 1.165) is 62.8 Å². The number of hydrogen-bond acceptors (Lipinski definition) is 3. The van der Waals surface area contributed by atoms with Crippen molar-refractivity contribution in [3.8, 4) is 0 Å². The predicted molar refractivity (Wildman–Crippen MR) is 141 cm³/mol. The van der Waals surface area contributed by atoms with E-state index in [2.05, 4.69) is 15.5 Å². The second-order valence-electron chi connectivity index (χ2n) is 11.9. The third-order valence-corrected chi connectivity index (χ3v) is 9.48. The third-order valence-electron chi connectivity index (χ3n) is 9.13. The largest absolute Gasteiger partial charge is 0.416 e. The first kappa shape index (κ1) is 26.4. The topological polar surface area (TPSA) is 81.7 Å². The molecular formula is C29H31ClF3N3O3. The molecular weight excluding hydrogens is 531 g/mol. The van der Waals surface area contributed by atoms with Crippen molar-refractivity contribution in [3.63, 3.8) is 0 Å². The smallest absolute Gasteiger partial charge is 0.390 e. The van der Waals surface area contributed by atoms with Crippen LogP contribution >= 0.6 is 11.6 Å². The van der Waals surface area contributed by atoms with Gasteiger partial charge in [0.25, 0.3) is 0 Å². The van der Waals surface area contributed by atoms with Crippen molar-refractivity contribution in [1.82, 2.24) is 4.90 Å². The van der Waals surface area contributed by atoms with Crippen molar-refractivity contribution in [3.05, 3.63) is 58.6 Å². The highest BCUT2D eigenvalue weighted by Crippen LogP contribution is 2.57. The Morgan fingerprint density at radius 1 is 1.05 bits per heavy atom. The Balaban J connectivity index is 1.07. The summed E-state index contributed by atoms with van der Waals surface area (Å²) < 4.78 is 38.8. The molecule has 3 atom stereocenters. The van der Waals surface area contributed by atoms with Crippen LogP contribution in [0.3, 0.4) is 0 Å². The fourth-order valence-corrected chi connectivity index (χ4v) is 8.09. The van der Waals surface area contributed by atoms with E-state index in [-0.39, 0.29) is 23.6 Å². The highest BCUT2D eigenvalue weighted by molar-refractivity contribution is 6.31. The molecule has 1 aliphatic heterocycles. The molecule has 5 aliphatic rings. The van der Waals surface area contributed by atoms with E-state index >= 15 is 0 Å². The molecule has 4 aliphatic carbocycles. The lowest BCUT2D eigenvalue weighted by Crippen LogP contribution is -2.62. The second-order valence-corrected chi connectivity index (χ2v) is 12.3. The maximum absolute atomic E-state index is 13.5. The van der Waals surface area contributed by atoms with Crippen molar-refractivity contribution in [1.29, 1.82) is 0 Å². The van der Waals surface area contributed by atoms with Crippen LogP contribution < -0.4 is 10.6 Å². The molecule has 7 rings (SSSR count). The number of amides is 3. The van der Waals surface area contributed by atoms with Gasteiger partial charge in [-0.25, -0.2) is 4.79 Å². The van der Waals surface area contributed by atoms with Gasteiger partial charge in [-0.1, -0.05) is 23.7 Å². The minimum atomic E-state index is -4.51. The van der Waals surface area contributed by atoms with E-state index in [4.69, 9.17) is 11.6 Å². The maximum atomic E-state index is 13.5. The summed E-state index contributed by atoms with van der Waals surface area (Å²) in [6.07, 6.45) is 1.50. The summed E-state index contributed by atoms with van der Waals surface area (Å²) in [5.41, 5.74) is -0.169. The molecule has 6 nitrogen and oxygen atoms in total. The first-order valence-electron chi connectivity index (χ1n) is 13.5. The van der Waals surface area contributed by atoms with Crippen molar-refractivity contribution in [2.24, 2.45) is 23.7 Å². The van der Waals surface area contributed by atoms with Crippen LogP contribution in [0.2, 0.25) is 5.02 Å². The van der Waals surface area contributed by atoms with Crippen LogP contribution in [-0.4, -0.2) is 40.1 Å². The minimum absolute atomic E-state index is 0.0163. The number of alkyl halides is 3. The number of nitrogens with zero attached hydrogens (tertiary/aromatic N) is 1. The van der Waals surface area contributed by atoms with E-state index in [1.165, 1.54) is 12.1 Å². The molecule has 4 saturated carbocycles. The summed E-state index contributed by atoms with van der Waals surface area (Å²) in [5, 5.41) is 16.3. The van der Waals surface area contributed by atoms with Gasteiger partial charge < -0.3 is 20.6 Å². The van der Waals surface area contributed by atoms with E-state index in [9.17, 15) is 27.9 Å². The Hall–Kier alpha value is -2.78. The molecule has 2 aromatic carbocycles. The number of carbonyl (C=O) groups excluding carboxylic acids is 2. The Morgan fingerprint density at radius 2 is 1.74 bits per heavy atom. The van der Waals surface area contributed by atoms with Crippen LogP contribution in [0.5, 0.6) is 0 Å². The number of aliphatic hydroxyl groups is 1. The summed E-state index contributed by atoms with van der Waals surface area (Å²) in [5.74, 6) is 1.37. The van der Waals surface area contributed by atoms with Gasteiger partial charge in [0.15, 0.2) is 0 Å². The molecule has 1 saturated heterocycles. The lowest BCUT2D eigenvalue weighted by molar-refractivity contribution is -0.168. The molecule has 3 unspecified atom stereocenters. The van der Waals surface area contributed by atoms with Crippen LogP contribution in [0.25, 0.3) is 0 Å². The molecule has 4 bridgehead atoms. The number of halogens is 4. The molecule has 2 aromatic rings. The Bertz CT molecular complexity index is 1290. The van der Waals surface area contributed by atoms with Crippen LogP contribution in [0.4, 0.5) is 29.3 Å². The van der Waals surface area contributed by atoms with Crippen molar-refractivity contribution >= 4 is 34.9 Å². The molecule has 208 valence electrons. The number of likely N-dealkylation sites (tertiary alicyclic amines) is 1. The highest BCUT2D eigenvalue weighted by Gasteiger charge is 2.57. The number of rotatable bonds is 5. The first-order chi connectivity index (χ1) is 18.5. The second kappa shape index (κ2) is 9.70. The molecule has 3 N–H and O–H groups in total. The Labute approximate surface area is 229 Å². The van der Waals surface area contributed by atoms with Crippen molar-refractivity contribution < 1.29 is 27.9 Å². The van der Waals surface area contributed by atoms with E-state index in [0.29, 0.717) is 34.9 Å². The lowest BCUT2D eigenvalue weighted by Gasteiger charge is -2.59. The summed E-state index contributed by atoms with van der Waals surface area (Å²) in [6, 6.07) is 8.96. The van der Waals surface area contributed by atoms with Gasteiger partial charge in [-0.05, 0) is 98.6 Å². The predicted octanol–water partition coefficient (Wildman–Crippen LogP) is 6.33. The lowest BCUT2D eigenvalue weighted by atomic mass is 9.52. The number of hydrogen-bond donors (Lipinski definition) is 3. The van der Waals surface area contributed by atoms with Crippen LogP contribution in [0.15, 0.2) is 42.5 Å². The third kappa shape index (κ3) is 5.23. The SMILES string of the molecule is O=C(Nc1cccc(C(F)(F)F)c1)Nc1ccc(CC2CCN(C3C4CC5CC3CC(O)(C5)C4)C2=O)c(Cl)c1. The maximum Gasteiger partial charge on any atom is 0.416 e. The Kier molecular flexibility index (Phi) is 6.57. The van der Waals surface area contributed by atoms with Crippen LogP contribution in [0, 0.1) is 23.7 Å². The molecule has 0 radical (unpaired) electrons. The fourth-order valence-electron chi connectivity index (χ4n) is 7.83. The van der Waals surface area contributed by atoms with Crippen LogP contribution in [0.1, 0.15) is 49.7 Å².